The fourth-order valence-electron chi connectivity index (χ4n) is 2.37. The summed E-state index contributed by atoms with van der Waals surface area (Å²) in [6.07, 6.45) is 4.76. The van der Waals surface area contributed by atoms with Crippen molar-refractivity contribution in [2.75, 3.05) is 13.1 Å². The van der Waals surface area contributed by atoms with E-state index < -0.39 is 0 Å². The number of hydrogen-bond donors (Lipinski definition) is 1. The fourth-order valence-corrected chi connectivity index (χ4v) is 2.37. The largest absolute Gasteiger partial charge is 0.341 e. The highest BCUT2D eigenvalue weighted by atomic mass is 16.2. The molecule has 1 aliphatic heterocycles. The van der Waals surface area contributed by atoms with Crippen molar-refractivity contribution in [2.45, 2.75) is 65.5 Å². The number of likely N-dealkylation sites (tertiary alicyclic amines) is 1. The monoisotopic (exact) mass is 240 g/mol. The topological polar surface area (TPSA) is 32.3 Å². The lowest BCUT2D eigenvalue weighted by Crippen LogP contribution is -2.50. The Hall–Kier alpha value is -0.570. The highest BCUT2D eigenvalue weighted by molar-refractivity contribution is 5.81. The Kier molecular flexibility index (Phi) is 5.96. The molecule has 1 heterocycles. The van der Waals surface area contributed by atoms with Crippen molar-refractivity contribution in [3.8, 4) is 0 Å². The molecule has 0 aromatic heterocycles. The van der Waals surface area contributed by atoms with E-state index in [1.165, 1.54) is 19.3 Å². The van der Waals surface area contributed by atoms with Crippen LogP contribution in [0.3, 0.4) is 0 Å². The zero-order valence-corrected chi connectivity index (χ0v) is 11.8. The summed E-state index contributed by atoms with van der Waals surface area (Å²) in [6.45, 7) is 10.5. The third-order valence-electron chi connectivity index (χ3n) is 4.05. The molecule has 3 heteroatoms. The molecule has 17 heavy (non-hydrogen) atoms. The van der Waals surface area contributed by atoms with Gasteiger partial charge in [-0.15, -0.1) is 0 Å². The number of carbonyl (C=O) groups excluding carboxylic acids is 1. The maximum absolute atomic E-state index is 12.2. The predicted octanol–water partition coefficient (Wildman–Crippen LogP) is 2.41. The molecule has 1 aliphatic rings. The van der Waals surface area contributed by atoms with Crippen molar-refractivity contribution in [1.82, 2.24) is 10.2 Å². The molecular formula is C14H28N2O. The third-order valence-corrected chi connectivity index (χ3v) is 4.05. The molecule has 0 aromatic rings. The summed E-state index contributed by atoms with van der Waals surface area (Å²) in [5, 5.41) is 3.44. The Bertz CT molecular complexity index is 236. The molecule has 0 spiro atoms. The molecule has 3 unspecified atom stereocenters. The number of hydrogen-bond acceptors (Lipinski definition) is 2. The number of rotatable bonds is 5. The van der Waals surface area contributed by atoms with Gasteiger partial charge in [-0.1, -0.05) is 20.3 Å². The predicted molar refractivity (Wildman–Crippen MR) is 71.9 cm³/mol. The second-order valence-corrected chi connectivity index (χ2v) is 5.45. The van der Waals surface area contributed by atoms with Gasteiger partial charge in [0.2, 0.25) is 5.91 Å². The highest BCUT2D eigenvalue weighted by Gasteiger charge is 2.23. The Morgan fingerprint density at radius 3 is 2.29 bits per heavy atom. The van der Waals surface area contributed by atoms with Crippen LogP contribution < -0.4 is 5.32 Å². The second kappa shape index (κ2) is 7.00. The average Bonchev–Trinajstić information content (AvgIpc) is 2.37. The van der Waals surface area contributed by atoms with Gasteiger partial charge in [-0.3, -0.25) is 4.79 Å². The van der Waals surface area contributed by atoms with Gasteiger partial charge in [-0.25, -0.2) is 0 Å². The van der Waals surface area contributed by atoms with Gasteiger partial charge >= 0.3 is 0 Å². The third kappa shape index (κ3) is 4.30. The smallest absolute Gasteiger partial charge is 0.239 e. The normalized spacial score (nSPS) is 22.0. The van der Waals surface area contributed by atoms with Gasteiger partial charge in [0, 0.05) is 19.1 Å². The van der Waals surface area contributed by atoms with Crippen LogP contribution in [0.5, 0.6) is 0 Å². The molecule has 0 saturated carbocycles. The van der Waals surface area contributed by atoms with Crippen LogP contribution in [-0.2, 0) is 4.79 Å². The molecule has 100 valence electrons. The van der Waals surface area contributed by atoms with E-state index in [9.17, 15) is 4.79 Å². The number of nitrogens with one attached hydrogen (secondary N) is 1. The number of amides is 1. The minimum absolute atomic E-state index is 0.0444. The maximum atomic E-state index is 12.2. The molecule has 0 radical (unpaired) electrons. The molecule has 0 aliphatic carbocycles. The minimum Gasteiger partial charge on any atom is -0.341 e. The Labute approximate surface area is 106 Å². The van der Waals surface area contributed by atoms with Crippen molar-refractivity contribution in [2.24, 2.45) is 5.92 Å². The zero-order valence-electron chi connectivity index (χ0n) is 11.8. The van der Waals surface area contributed by atoms with Crippen molar-refractivity contribution >= 4 is 5.91 Å². The van der Waals surface area contributed by atoms with E-state index in [0.717, 1.165) is 19.5 Å². The molecule has 1 fully saturated rings. The van der Waals surface area contributed by atoms with Crippen molar-refractivity contribution < 1.29 is 4.79 Å². The van der Waals surface area contributed by atoms with Gasteiger partial charge in [0.1, 0.15) is 0 Å². The summed E-state index contributed by atoms with van der Waals surface area (Å²) in [5.74, 6) is 0.895. The summed E-state index contributed by atoms with van der Waals surface area (Å²) in [7, 11) is 0. The van der Waals surface area contributed by atoms with Crippen molar-refractivity contribution in [3.05, 3.63) is 0 Å². The van der Waals surface area contributed by atoms with E-state index in [0.29, 0.717) is 12.0 Å². The van der Waals surface area contributed by atoms with Crippen LogP contribution in [0.4, 0.5) is 0 Å². The second-order valence-electron chi connectivity index (χ2n) is 5.45. The fraction of sp³-hybridized carbons (Fsp3) is 0.929. The van der Waals surface area contributed by atoms with Gasteiger partial charge in [0.15, 0.2) is 0 Å². The minimum atomic E-state index is -0.0444. The summed E-state index contributed by atoms with van der Waals surface area (Å²) in [6, 6.07) is 0.362. The van der Waals surface area contributed by atoms with Gasteiger partial charge in [0.25, 0.3) is 0 Å². The molecule has 1 rings (SSSR count). The summed E-state index contributed by atoms with van der Waals surface area (Å²) in [5.41, 5.74) is 0. The van der Waals surface area contributed by atoms with Gasteiger partial charge in [-0.2, -0.15) is 0 Å². The van der Waals surface area contributed by atoms with Crippen LogP contribution in [-0.4, -0.2) is 36.0 Å². The van der Waals surface area contributed by atoms with Gasteiger partial charge < -0.3 is 10.2 Å². The zero-order chi connectivity index (χ0) is 12.8. The first-order valence-electron chi connectivity index (χ1n) is 7.11. The van der Waals surface area contributed by atoms with Crippen LogP contribution in [0.15, 0.2) is 0 Å². The van der Waals surface area contributed by atoms with E-state index >= 15 is 0 Å². The first-order chi connectivity index (χ1) is 8.06. The lowest BCUT2D eigenvalue weighted by Gasteiger charge is -2.31. The lowest BCUT2D eigenvalue weighted by molar-refractivity contribution is -0.134. The molecule has 1 N–H and O–H groups in total. The molecule has 3 atom stereocenters. The number of nitrogens with zero attached hydrogens (tertiary/aromatic N) is 1. The van der Waals surface area contributed by atoms with Crippen molar-refractivity contribution in [1.29, 1.82) is 0 Å². The van der Waals surface area contributed by atoms with Gasteiger partial charge in [0.05, 0.1) is 6.04 Å². The standard InChI is InChI=1S/C14H28N2O/c1-5-11(2)12(3)15-13(4)14(17)16-9-7-6-8-10-16/h11-13,15H,5-10H2,1-4H3. The van der Waals surface area contributed by atoms with Crippen LogP contribution in [0, 0.1) is 5.92 Å². The highest BCUT2D eigenvalue weighted by Crippen LogP contribution is 2.12. The van der Waals surface area contributed by atoms with E-state index in [1.807, 2.05) is 11.8 Å². The quantitative estimate of drug-likeness (QED) is 0.800. The molecule has 0 aromatic carbocycles. The Morgan fingerprint density at radius 2 is 1.76 bits per heavy atom. The number of piperidine rings is 1. The van der Waals surface area contributed by atoms with E-state index in [2.05, 4.69) is 26.1 Å². The molecular weight excluding hydrogens is 212 g/mol. The Balaban J connectivity index is 2.40. The molecule has 1 amide bonds. The molecule has 1 saturated heterocycles. The number of carbonyl (C=O) groups is 1. The SMILES string of the molecule is CCC(C)C(C)NC(C)C(=O)N1CCCCC1. The van der Waals surface area contributed by atoms with Crippen LogP contribution in [0.2, 0.25) is 0 Å². The Morgan fingerprint density at radius 1 is 1.18 bits per heavy atom. The van der Waals surface area contributed by atoms with E-state index in [4.69, 9.17) is 0 Å². The first kappa shape index (κ1) is 14.5. The summed E-state index contributed by atoms with van der Waals surface area (Å²) >= 11 is 0. The molecule has 3 nitrogen and oxygen atoms in total. The van der Waals surface area contributed by atoms with Gasteiger partial charge in [-0.05, 0) is 39.0 Å². The maximum Gasteiger partial charge on any atom is 0.239 e. The van der Waals surface area contributed by atoms with Crippen molar-refractivity contribution in [3.63, 3.8) is 0 Å². The van der Waals surface area contributed by atoms with Crippen LogP contribution in [0.1, 0.15) is 53.4 Å². The van der Waals surface area contributed by atoms with E-state index in [-0.39, 0.29) is 11.9 Å². The first-order valence-corrected chi connectivity index (χ1v) is 7.11. The summed E-state index contributed by atoms with van der Waals surface area (Å²) in [4.78, 5) is 14.2. The average molecular weight is 240 g/mol. The van der Waals surface area contributed by atoms with Crippen LogP contribution in [0.25, 0.3) is 0 Å². The summed E-state index contributed by atoms with van der Waals surface area (Å²) < 4.78 is 0. The lowest BCUT2D eigenvalue weighted by atomic mass is 10.00. The van der Waals surface area contributed by atoms with E-state index in [1.54, 1.807) is 0 Å². The van der Waals surface area contributed by atoms with Crippen LogP contribution >= 0.6 is 0 Å². The molecule has 0 bridgehead atoms.